The van der Waals surface area contributed by atoms with Crippen molar-refractivity contribution in [3.05, 3.63) is 64.2 Å². The minimum Gasteiger partial charge on any atom is -0.423 e. The molecule has 2 N–H and O–H groups in total. The number of esters is 1. The van der Waals surface area contributed by atoms with Crippen molar-refractivity contribution in [1.82, 2.24) is 0 Å². The Morgan fingerprint density at radius 3 is 2.37 bits per heavy atom. The number of carbonyl (C=O) groups excluding carboxylic acids is 1. The molecule has 0 aromatic heterocycles. The standard InChI is InChI=1S/C15H12INO2/c1-10(13-4-2-3-5-14(13)17)15(18)19-12-8-6-11(16)7-9-12/h2-9H,1,17H2. The third kappa shape index (κ3) is 3.35. The van der Waals surface area contributed by atoms with E-state index in [0.29, 0.717) is 17.0 Å². The number of hydrogen-bond acceptors (Lipinski definition) is 3. The van der Waals surface area contributed by atoms with E-state index in [9.17, 15) is 4.79 Å². The van der Waals surface area contributed by atoms with Gasteiger partial charge in [0.25, 0.3) is 0 Å². The molecule has 0 aliphatic carbocycles. The summed E-state index contributed by atoms with van der Waals surface area (Å²) < 4.78 is 6.32. The number of benzene rings is 2. The minimum absolute atomic E-state index is 0.247. The average molecular weight is 365 g/mol. The number of para-hydroxylation sites is 1. The molecule has 0 unspecified atom stereocenters. The van der Waals surface area contributed by atoms with Crippen molar-refractivity contribution in [3.8, 4) is 5.75 Å². The predicted molar refractivity (Wildman–Crippen MR) is 84.7 cm³/mol. The monoisotopic (exact) mass is 365 g/mol. The predicted octanol–water partition coefficient (Wildman–Crippen LogP) is 3.49. The fourth-order valence-corrected chi connectivity index (χ4v) is 1.91. The lowest BCUT2D eigenvalue weighted by Gasteiger charge is -2.09. The summed E-state index contributed by atoms with van der Waals surface area (Å²) in [6.45, 7) is 3.74. The maximum Gasteiger partial charge on any atom is 0.343 e. The first-order valence-corrected chi connectivity index (χ1v) is 6.67. The Morgan fingerprint density at radius 2 is 1.74 bits per heavy atom. The summed E-state index contributed by atoms with van der Waals surface area (Å²) in [5.41, 5.74) is 7.15. The van der Waals surface area contributed by atoms with Crippen LogP contribution in [-0.4, -0.2) is 5.97 Å². The van der Waals surface area contributed by atoms with E-state index in [4.69, 9.17) is 10.5 Å². The Hall–Kier alpha value is -1.82. The molecule has 0 atom stereocenters. The van der Waals surface area contributed by atoms with E-state index in [2.05, 4.69) is 29.2 Å². The Kier molecular flexibility index (Phi) is 4.21. The van der Waals surface area contributed by atoms with Crippen LogP contribution in [0.5, 0.6) is 5.75 Å². The molecule has 0 aliphatic heterocycles. The van der Waals surface area contributed by atoms with Gasteiger partial charge in [-0.2, -0.15) is 0 Å². The van der Waals surface area contributed by atoms with Gasteiger partial charge in [-0.3, -0.25) is 0 Å². The molecule has 0 amide bonds. The number of halogens is 1. The molecule has 2 aromatic carbocycles. The fourth-order valence-electron chi connectivity index (χ4n) is 1.55. The molecule has 0 saturated carbocycles. The minimum atomic E-state index is -0.501. The first-order valence-electron chi connectivity index (χ1n) is 5.59. The maximum absolute atomic E-state index is 12.0. The second-order valence-electron chi connectivity index (χ2n) is 3.91. The molecular formula is C15H12INO2. The molecule has 2 rings (SSSR count). The summed E-state index contributed by atoms with van der Waals surface area (Å²) in [4.78, 5) is 12.0. The van der Waals surface area contributed by atoms with Crippen molar-refractivity contribution in [2.24, 2.45) is 0 Å². The maximum atomic E-state index is 12.0. The highest BCUT2D eigenvalue weighted by Gasteiger charge is 2.14. The topological polar surface area (TPSA) is 52.3 Å². The van der Waals surface area contributed by atoms with E-state index >= 15 is 0 Å². The van der Waals surface area contributed by atoms with Crippen LogP contribution in [0.4, 0.5) is 5.69 Å². The van der Waals surface area contributed by atoms with Gasteiger partial charge in [-0.15, -0.1) is 0 Å². The highest BCUT2D eigenvalue weighted by atomic mass is 127. The van der Waals surface area contributed by atoms with Gasteiger partial charge in [0, 0.05) is 14.8 Å². The molecule has 2 aromatic rings. The molecule has 0 spiro atoms. The van der Waals surface area contributed by atoms with E-state index in [0.717, 1.165) is 3.57 Å². The van der Waals surface area contributed by atoms with E-state index in [1.807, 2.05) is 12.1 Å². The van der Waals surface area contributed by atoms with E-state index < -0.39 is 5.97 Å². The molecule has 0 aliphatic rings. The average Bonchev–Trinajstić information content (AvgIpc) is 2.41. The van der Waals surface area contributed by atoms with Crippen molar-refractivity contribution >= 4 is 39.8 Å². The molecule has 0 heterocycles. The third-order valence-electron chi connectivity index (χ3n) is 2.56. The summed E-state index contributed by atoms with van der Waals surface area (Å²) in [6.07, 6.45) is 0. The summed E-state index contributed by atoms with van der Waals surface area (Å²) in [5, 5.41) is 0. The van der Waals surface area contributed by atoms with E-state index in [-0.39, 0.29) is 5.57 Å². The number of nitrogen functional groups attached to an aromatic ring is 1. The lowest BCUT2D eigenvalue weighted by molar-refractivity contribution is -0.127. The van der Waals surface area contributed by atoms with Gasteiger partial charge in [0.2, 0.25) is 0 Å². The number of nitrogens with two attached hydrogens (primary N) is 1. The van der Waals surface area contributed by atoms with Crippen molar-refractivity contribution in [1.29, 1.82) is 0 Å². The molecular weight excluding hydrogens is 353 g/mol. The zero-order chi connectivity index (χ0) is 13.8. The zero-order valence-electron chi connectivity index (χ0n) is 10.1. The van der Waals surface area contributed by atoms with Crippen LogP contribution < -0.4 is 10.5 Å². The van der Waals surface area contributed by atoms with Crippen LogP contribution in [0.1, 0.15) is 5.56 Å². The largest absolute Gasteiger partial charge is 0.423 e. The first-order chi connectivity index (χ1) is 9.08. The van der Waals surface area contributed by atoms with Gasteiger partial charge >= 0.3 is 5.97 Å². The van der Waals surface area contributed by atoms with Gasteiger partial charge in [0.1, 0.15) is 5.75 Å². The molecule has 0 radical (unpaired) electrons. The Morgan fingerprint density at radius 1 is 1.11 bits per heavy atom. The van der Waals surface area contributed by atoms with Crippen molar-refractivity contribution in [3.63, 3.8) is 0 Å². The van der Waals surface area contributed by atoms with Gasteiger partial charge in [-0.25, -0.2) is 4.79 Å². The normalized spacial score (nSPS) is 9.95. The van der Waals surface area contributed by atoms with Crippen LogP contribution in [-0.2, 0) is 4.79 Å². The summed E-state index contributed by atoms with van der Waals surface area (Å²) in [7, 11) is 0. The molecule has 0 saturated heterocycles. The van der Waals surface area contributed by atoms with Crippen LogP contribution in [0.15, 0.2) is 55.1 Å². The second kappa shape index (κ2) is 5.88. The quantitative estimate of drug-likeness (QED) is 0.298. The molecule has 4 heteroatoms. The first kappa shape index (κ1) is 13.6. The zero-order valence-corrected chi connectivity index (χ0v) is 12.3. The Bertz CT molecular complexity index is 620. The molecule has 0 fully saturated rings. The Balaban J connectivity index is 2.14. The van der Waals surface area contributed by atoms with Gasteiger partial charge < -0.3 is 10.5 Å². The van der Waals surface area contributed by atoms with Crippen LogP contribution in [0.3, 0.4) is 0 Å². The van der Waals surface area contributed by atoms with E-state index in [1.54, 1.807) is 36.4 Å². The third-order valence-corrected chi connectivity index (χ3v) is 3.28. The highest BCUT2D eigenvalue weighted by Crippen LogP contribution is 2.22. The number of hydrogen-bond donors (Lipinski definition) is 1. The SMILES string of the molecule is C=C(C(=O)Oc1ccc(I)cc1)c1ccccc1N. The van der Waals surface area contributed by atoms with Crippen molar-refractivity contribution in [2.75, 3.05) is 5.73 Å². The lowest BCUT2D eigenvalue weighted by atomic mass is 10.1. The number of carbonyl (C=O) groups is 1. The molecule has 0 bridgehead atoms. The Labute approximate surface area is 125 Å². The molecule has 3 nitrogen and oxygen atoms in total. The van der Waals surface area contributed by atoms with E-state index in [1.165, 1.54) is 0 Å². The van der Waals surface area contributed by atoms with Gasteiger partial charge in [0.15, 0.2) is 0 Å². The van der Waals surface area contributed by atoms with Gasteiger partial charge in [-0.1, -0.05) is 24.8 Å². The second-order valence-corrected chi connectivity index (χ2v) is 5.15. The summed E-state index contributed by atoms with van der Waals surface area (Å²) in [5.74, 6) is -0.0137. The highest BCUT2D eigenvalue weighted by molar-refractivity contribution is 14.1. The fraction of sp³-hybridized carbons (Fsp3) is 0. The smallest absolute Gasteiger partial charge is 0.343 e. The lowest BCUT2D eigenvalue weighted by Crippen LogP contribution is -2.10. The van der Waals surface area contributed by atoms with Crippen LogP contribution in [0.25, 0.3) is 5.57 Å². The van der Waals surface area contributed by atoms with Crippen molar-refractivity contribution < 1.29 is 9.53 Å². The number of anilines is 1. The van der Waals surface area contributed by atoms with Gasteiger partial charge in [0.05, 0.1) is 5.57 Å². The molecule has 96 valence electrons. The van der Waals surface area contributed by atoms with Crippen LogP contribution in [0.2, 0.25) is 0 Å². The van der Waals surface area contributed by atoms with Crippen molar-refractivity contribution in [2.45, 2.75) is 0 Å². The number of ether oxygens (including phenoxy) is 1. The van der Waals surface area contributed by atoms with Gasteiger partial charge in [-0.05, 0) is 52.9 Å². The van der Waals surface area contributed by atoms with Crippen LogP contribution >= 0.6 is 22.6 Å². The summed E-state index contributed by atoms with van der Waals surface area (Å²) >= 11 is 2.18. The number of rotatable bonds is 3. The van der Waals surface area contributed by atoms with Crippen LogP contribution in [0, 0.1) is 3.57 Å². The molecule has 19 heavy (non-hydrogen) atoms. The summed E-state index contributed by atoms with van der Waals surface area (Å²) in [6, 6.07) is 14.3.